The molecule has 1 saturated carbocycles. The van der Waals surface area contributed by atoms with Crippen LogP contribution in [0.2, 0.25) is 0 Å². The molecule has 14 heavy (non-hydrogen) atoms. The Bertz CT molecular complexity index is 223. The van der Waals surface area contributed by atoms with Crippen molar-refractivity contribution in [3.8, 4) is 0 Å². The number of carbonyl (C=O) groups excluding carboxylic acids is 1. The van der Waals surface area contributed by atoms with E-state index in [-0.39, 0.29) is 18.7 Å². The highest BCUT2D eigenvalue weighted by molar-refractivity contribution is 5.80. The maximum absolute atomic E-state index is 11.1. The Hall–Kier alpha value is -1.06. The van der Waals surface area contributed by atoms with Gasteiger partial charge in [-0.05, 0) is 24.7 Å². The lowest BCUT2D eigenvalue weighted by molar-refractivity contribution is -0.138. The Morgan fingerprint density at radius 3 is 2.57 bits per heavy atom. The van der Waals surface area contributed by atoms with Gasteiger partial charge < -0.3 is 10.4 Å². The van der Waals surface area contributed by atoms with E-state index in [0.717, 1.165) is 5.92 Å². The predicted octanol–water partition coefficient (Wildman–Crippen LogP) is 1.01. The van der Waals surface area contributed by atoms with Crippen LogP contribution in [-0.2, 0) is 9.59 Å². The summed E-state index contributed by atoms with van der Waals surface area (Å²) in [4.78, 5) is 21.3. The summed E-state index contributed by atoms with van der Waals surface area (Å²) in [6, 6.07) is 0. The second-order valence-corrected chi connectivity index (χ2v) is 4.01. The molecule has 0 aromatic heterocycles. The number of carbonyl (C=O) groups is 2. The van der Waals surface area contributed by atoms with Crippen molar-refractivity contribution in [3.63, 3.8) is 0 Å². The van der Waals surface area contributed by atoms with Crippen LogP contribution < -0.4 is 5.32 Å². The topological polar surface area (TPSA) is 66.4 Å². The summed E-state index contributed by atoms with van der Waals surface area (Å²) in [5, 5.41) is 11.1. The lowest BCUT2D eigenvalue weighted by Gasteiger charge is -2.10. The van der Waals surface area contributed by atoms with Gasteiger partial charge >= 0.3 is 5.97 Å². The first kappa shape index (κ1) is 11.0. The minimum absolute atomic E-state index is 0.0797. The average Bonchev–Trinajstić information content (AvgIpc) is 2.93. The smallest absolute Gasteiger partial charge is 0.303 e. The van der Waals surface area contributed by atoms with Gasteiger partial charge in [0.15, 0.2) is 0 Å². The summed E-state index contributed by atoms with van der Waals surface area (Å²) in [5.74, 6) is 0.230. The molecule has 1 fully saturated rings. The van der Waals surface area contributed by atoms with Crippen molar-refractivity contribution in [1.29, 1.82) is 0 Å². The quantitative estimate of drug-likeness (QED) is 0.671. The monoisotopic (exact) mass is 199 g/mol. The maximum atomic E-state index is 11.1. The summed E-state index contributed by atoms with van der Waals surface area (Å²) < 4.78 is 0. The number of hydrogen-bond acceptors (Lipinski definition) is 2. The molecule has 2 N–H and O–H groups in total. The van der Waals surface area contributed by atoms with Crippen molar-refractivity contribution in [2.24, 2.45) is 11.8 Å². The predicted molar refractivity (Wildman–Crippen MR) is 51.8 cm³/mol. The summed E-state index contributed by atoms with van der Waals surface area (Å²) in [5.41, 5.74) is 0. The van der Waals surface area contributed by atoms with Crippen molar-refractivity contribution in [3.05, 3.63) is 0 Å². The zero-order chi connectivity index (χ0) is 10.6. The van der Waals surface area contributed by atoms with Crippen molar-refractivity contribution in [2.45, 2.75) is 32.6 Å². The molecule has 80 valence electrons. The minimum atomic E-state index is -0.921. The average molecular weight is 199 g/mol. The van der Waals surface area contributed by atoms with E-state index in [2.05, 4.69) is 12.2 Å². The van der Waals surface area contributed by atoms with Crippen LogP contribution in [0.15, 0.2) is 0 Å². The van der Waals surface area contributed by atoms with E-state index in [1.807, 2.05) is 0 Å². The Balaban J connectivity index is 2.04. The summed E-state index contributed by atoms with van der Waals surface area (Å²) in [6.07, 6.45) is 2.55. The normalized spacial score (nSPS) is 17.5. The molecule has 0 heterocycles. The molecule has 0 aromatic rings. The van der Waals surface area contributed by atoms with Gasteiger partial charge in [0, 0.05) is 13.0 Å². The van der Waals surface area contributed by atoms with Gasteiger partial charge in [0.2, 0.25) is 5.91 Å². The third-order valence-corrected chi connectivity index (χ3v) is 2.61. The number of aliphatic carboxylic acids is 1. The fourth-order valence-corrected chi connectivity index (χ4v) is 1.42. The molecule has 1 rings (SSSR count). The first-order valence-electron chi connectivity index (χ1n) is 5.08. The van der Waals surface area contributed by atoms with Crippen molar-refractivity contribution < 1.29 is 14.7 Å². The highest BCUT2D eigenvalue weighted by atomic mass is 16.4. The van der Waals surface area contributed by atoms with Crippen LogP contribution >= 0.6 is 0 Å². The number of nitrogens with one attached hydrogen (secondary N) is 1. The molecular weight excluding hydrogens is 182 g/mol. The molecule has 0 radical (unpaired) electrons. The van der Waals surface area contributed by atoms with Crippen molar-refractivity contribution in [1.82, 2.24) is 5.32 Å². The number of carboxylic acid groups (broad SMARTS) is 1. The van der Waals surface area contributed by atoms with Gasteiger partial charge in [-0.15, -0.1) is 0 Å². The molecule has 0 saturated heterocycles. The SMILES string of the molecule is CC(CNC(=O)CCC(=O)O)C1CC1. The lowest BCUT2D eigenvalue weighted by atomic mass is 10.1. The Kier molecular flexibility index (Phi) is 3.92. The maximum Gasteiger partial charge on any atom is 0.303 e. The summed E-state index contributed by atoms with van der Waals surface area (Å²) >= 11 is 0. The molecule has 0 aliphatic heterocycles. The molecule has 1 aliphatic carbocycles. The second-order valence-electron chi connectivity index (χ2n) is 4.01. The van der Waals surface area contributed by atoms with Gasteiger partial charge in [-0.1, -0.05) is 6.92 Å². The molecule has 4 heteroatoms. The van der Waals surface area contributed by atoms with Crippen molar-refractivity contribution >= 4 is 11.9 Å². The van der Waals surface area contributed by atoms with Gasteiger partial charge in [-0.3, -0.25) is 9.59 Å². The number of amides is 1. The molecule has 1 amide bonds. The van der Waals surface area contributed by atoms with E-state index < -0.39 is 5.97 Å². The van der Waals surface area contributed by atoms with Crippen LogP contribution in [-0.4, -0.2) is 23.5 Å². The minimum Gasteiger partial charge on any atom is -0.481 e. The van der Waals surface area contributed by atoms with Gasteiger partial charge in [0.05, 0.1) is 6.42 Å². The van der Waals surface area contributed by atoms with Crippen LogP contribution in [0.1, 0.15) is 32.6 Å². The first-order chi connectivity index (χ1) is 6.59. The Morgan fingerprint density at radius 1 is 1.43 bits per heavy atom. The van der Waals surface area contributed by atoms with Gasteiger partial charge in [0.1, 0.15) is 0 Å². The molecule has 1 unspecified atom stereocenters. The van der Waals surface area contributed by atoms with E-state index in [0.29, 0.717) is 12.5 Å². The third kappa shape index (κ3) is 4.25. The fraction of sp³-hybridized carbons (Fsp3) is 0.800. The van der Waals surface area contributed by atoms with Crippen LogP contribution in [0.25, 0.3) is 0 Å². The third-order valence-electron chi connectivity index (χ3n) is 2.61. The zero-order valence-corrected chi connectivity index (χ0v) is 8.45. The zero-order valence-electron chi connectivity index (χ0n) is 8.45. The number of rotatable bonds is 6. The van der Waals surface area contributed by atoms with Crippen LogP contribution in [0.5, 0.6) is 0 Å². The van der Waals surface area contributed by atoms with E-state index in [4.69, 9.17) is 5.11 Å². The fourth-order valence-electron chi connectivity index (χ4n) is 1.42. The van der Waals surface area contributed by atoms with Crippen LogP contribution in [0.4, 0.5) is 0 Å². The Labute approximate surface area is 83.7 Å². The summed E-state index contributed by atoms with van der Waals surface area (Å²) in [7, 11) is 0. The first-order valence-corrected chi connectivity index (χ1v) is 5.08. The van der Waals surface area contributed by atoms with Crippen molar-refractivity contribution in [2.75, 3.05) is 6.54 Å². The molecule has 0 aromatic carbocycles. The van der Waals surface area contributed by atoms with Crippen LogP contribution in [0, 0.1) is 11.8 Å². The van der Waals surface area contributed by atoms with Gasteiger partial charge in [-0.2, -0.15) is 0 Å². The molecule has 4 nitrogen and oxygen atoms in total. The molecule has 0 bridgehead atoms. The Morgan fingerprint density at radius 2 is 2.07 bits per heavy atom. The number of hydrogen-bond donors (Lipinski definition) is 2. The van der Waals surface area contributed by atoms with E-state index >= 15 is 0 Å². The standard InChI is InChI=1S/C10H17NO3/c1-7(8-2-3-8)6-11-9(12)4-5-10(13)14/h7-8H,2-6H2,1H3,(H,11,12)(H,13,14). The summed E-state index contributed by atoms with van der Waals surface area (Å²) in [6.45, 7) is 2.80. The lowest BCUT2D eigenvalue weighted by Crippen LogP contribution is -2.29. The van der Waals surface area contributed by atoms with E-state index in [1.54, 1.807) is 0 Å². The highest BCUT2D eigenvalue weighted by Crippen LogP contribution is 2.35. The van der Waals surface area contributed by atoms with Gasteiger partial charge in [0.25, 0.3) is 0 Å². The van der Waals surface area contributed by atoms with Crippen LogP contribution in [0.3, 0.4) is 0 Å². The molecule has 1 aliphatic rings. The highest BCUT2D eigenvalue weighted by Gasteiger charge is 2.27. The van der Waals surface area contributed by atoms with E-state index in [9.17, 15) is 9.59 Å². The number of carboxylic acids is 1. The van der Waals surface area contributed by atoms with E-state index in [1.165, 1.54) is 12.8 Å². The molecule has 1 atom stereocenters. The largest absolute Gasteiger partial charge is 0.481 e. The van der Waals surface area contributed by atoms with Gasteiger partial charge in [-0.25, -0.2) is 0 Å². The second kappa shape index (κ2) is 4.98. The molecule has 0 spiro atoms. The molecular formula is C10H17NO3.